The molecule has 0 radical (unpaired) electrons. The van der Waals surface area contributed by atoms with Crippen LogP contribution in [0.15, 0.2) is 46.2 Å². The van der Waals surface area contributed by atoms with Crippen molar-refractivity contribution in [3.05, 3.63) is 58.7 Å². The summed E-state index contributed by atoms with van der Waals surface area (Å²) >= 11 is 0. The summed E-state index contributed by atoms with van der Waals surface area (Å²) < 4.78 is 61.4. The summed E-state index contributed by atoms with van der Waals surface area (Å²) in [5.41, 5.74) is -0.369. The van der Waals surface area contributed by atoms with Gasteiger partial charge in [0.1, 0.15) is 6.61 Å². The Balaban J connectivity index is 1.20. The van der Waals surface area contributed by atoms with Crippen molar-refractivity contribution in [1.82, 2.24) is 9.44 Å². The molecule has 1 saturated carbocycles. The predicted molar refractivity (Wildman–Crippen MR) is 270 cm³/mol. The van der Waals surface area contributed by atoms with E-state index in [0.717, 1.165) is 74.3 Å². The van der Waals surface area contributed by atoms with Gasteiger partial charge in [0.2, 0.25) is 20.0 Å². The smallest absolute Gasteiger partial charge is 0.305 e. The van der Waals surface area contributed by atoms with Crippen molar-refractivity contribution in [2.75, 3.05) is 26.3 Å². The molecular formula is C54H84N2O11S2. The van der Waals surface area contributed by atoms with Crippen molar-refractivity contribution in [1.29, 1.82) is 0 Å². The van der Waals surface area contributed by atoms with Gasteiger partial charge >= 0.3 is 11.9 Å². The number of carbonyl (C=O) groups excluding carboxylic acids is 3. The summed E-state index contributed by atoms with van der Waals surface area (Å²) in [5.74, 6) is 0.876. The largest absolute Gasteiger partial charge is 0.481 e. The van der Waals surface area contributed by atoms with E-state index in [1.54, 1.807) is 0 Å². The highest BCUT2D eigenvalue weighted by atomic mass is 32.2. The molecule has 15 heteroatoms. The minimum atomic E-state index is -4.15. The number of aliphatic hydroxyl groups excluding tert-OH is 1. The van der Waals surface area contributed by atoms with E-state index >= 15 is 0 Å². The lowest BCUT2D eigenvalue weighted by Crippen LogP contribution is -2.35. The number of aliphatic carboxylic acids is 1. The lowest BCUT2D eigenvalue weighted by molar-refractivity contribution is -0.143. The number of carboxylic acid groups (broad SMARTS) is 1. The van der Waals surface area contributed by atoms with Crippen molar-refractivity contribution in [3.8, 4) is 0 Å². The number of unbranched alkanes of at least 4 members (excludes halogenated alkanes) is 16. The van der Waals surface area contributed by atoms with E-state index in [9.17, 15) is 36.0 Å². The number of sulfonamides is 2. The second-order valence-electron chi connectivity index (χ2n) is 19.7. The van der Waals surface area contributed by atoms with Crippen molar-refractivity contribution in [2.45, 2.75) is 203 Å². The van der Waals surface area contributed by atoms with Gasteiger partial charge in [-0.25, -0.2) is 26.3 Å². The highest BCUT2D eigenvalue weighted by Gasteiger charge is 2.38. The zero-order valence-electron chi connectivity index (χ0n) is 41.8. The van der Waals surface area contributed by atoms with Crippen LogP contribution >= 0.6 is 0 Å². The number of aliphatic hydroxyl groups is 1. The quantitative estimate of drug-likeness (QED) is 0.0315. The Morgan fingerprint density at radius 1 is 0.551 bits per heavy atom. The number of rotatable bonds is 37. The minimum absolute atomic E-state index is 0.0584. The molecule has 2 aliphatic carbocycles. The number of ketones is 2. The van der Waals surface area contributed by atoms with Crippen molar-refractivity contribution in [2.24, 2.45) is 23.7 Å². The fraction of sp³-hybridized carbons (Fsp3) is 0.704. The van der Waals surface area contributed by atoms with Gasteiger partial charge in [-0.2, -0.15) is 0 Å². The average molecular weight is 1000 g/mol. The lowest BCUT2D eigenvalue weighted by atomic mass is 9.61. The zero-order chi connectivity index (χ0) is 50.1. The van der Waals surface area contributed by atoms with E-state index in [1.165, 1.54) is 146 Å². The molecule has 0 heterocycles. The summed E-state index contributed by atoms with van der Waals surface area (Å²) in [6, 6.07) is 7.01. The maximum atomic E-state index is 13.4. The van der Waals surface area contributed by atoms with Crippen molar-refractivity contribution in [3.63, 3.8) is 0 Å². The topological polar surface area (TPSA) is 210 Å². The van der Waals surface area contributed by atoms with E-state index in [1.807, 2.05) is 0 Å². The van der Waals surface area contributed by atoms with Gasteiger partial charge in [-0.1, -0.05) is 142 Å². The van der Waals surface area contributed by atoms with Gasteiger partial charge in [0.15, 0.2) is 11.6 Å². The Morgan fingerprint density at radius 3 is 1.42 bits per heavy atom. The monoisotopic (exact) mass is 1000 g/mol. The molecule has 1 fully saturated rings. The molecule has 0 aromatic heterocycles. The van der Waals surface area contributed by atoms with Crippen LogP contribution in [-0.2, 0) is 34.4 Å². The number of fused-ring (bicyclic) bond motifs is 2. The van der Waals surface area contributed by atoms with Gasteiger partial charge in [-0.05, 0) is 98.6 Å². The molecule has 69 heavy (non-hydrogen) atoms. The van der Waals surface area contributed by atoms with Gasteiger partial charge in [0.05, 0.1) is 16.4 Å². The maximum Gasteiger partial charge on any atom is 0.305 e. The normalized spacial score (nSPS) is 18.2. The predicted octanol–water partition coefficient (Wildman–Crippen LogP) is 11.1. The van der Waals surface area contributed by atoms with Crippen LogP contribution in [0, 0.1) is 23.7 Å². The first-order valence-electron chi connectivity index (χ1n) is 26.6. The van der Waals surface area contributed by atoms with Crippen LogP contribution in [0.1, 0.15) is 225 Å². The molecule has 0 spiro atoms. The first-order valence-corrected chi connectivity index (χ1v) is 29.6. The standard InChI is InChI=1S/C54H84N2O11S2/c1-3-5-7-9-13-19-25-46-42(30-29-41(23-17-8-6-4-2)45(46)26-20-14-11-15-21-27-51(58)59)24-18-12-10-16-22-28-52(60)67-38-36-56-69(65,66)44-32-34-48-50(40-44)54(62)47-33-31-43(39-49(47)53(48)61)68(63,64)55-35-37-57/h31-34,39-42,45-46,55-57H,3-30,35-38H2,1-2H3,(H,58,59). The first-order chi connectivity index (χ1) is 33.2. The highest BCUT2D eigenvalue weighted by Crippen LogP contribution is 2.48. The second-order valence-corrected chi connectivity index (χ2v) is 23.2. The van der Waals surface area contributed by atoms with E-state index in [2.05, 4.69) is 23.3 Å². The van der Waals surface area contributed by atoms with Crippen LogP contribution in [0.2, 0.25) is 0 Å². The van der Waals surface area contributed by atoms with Gasteiger partial charge in [-0.15, -0.1) is 0 Å². The SMILES string of the molecule is CCCCCCCCC1C(CCCCCCCC(=O)OCCNS(=O)(=O)c2ccc3c(c2)C(=O)c2ccc(S(=O)(=O)NCCO)cc2C3=O)CCC(CCCCCC)C1CCCCCCCC(=O)O. The maximum absolute atomic E-state index is 13.4. The molecule has 4 N–H and O–H groups in total. The van der Waals surface area contributed by atoms with Crippen LogP contribution < -0.4 is 9.44 Å². The molecule has 2 aromatic carbocycles. The van der Waals surface area contributed by atoms with Crippen LogP contribution in [0.4, 0.5) is 0 Å². The Morgan fingerprint density at radius 2 is 0.957 bits per heavy atom. The summed E-state index contributed by atoms with van der Waals surface area (Å²) in [6.45, 7) is 3.56. The third kappa shape index (κ3) is 19.2. The number of carbonyl (C=O) groups is 4. The number of nitrogens with one attached hydrogen (secondary N) is 2. The Hall–Kier alpha value is -3.50. The number of hydrogen-bond acceptors (Lipinski definition) is 10. The first kappa shape index (κ1) is 58.1. The van der Waals surface area contributed by atoms with Crippen molar-refractivity contribution >= 4 is 43.6 Å². The second kappa shape index (κ2) is 31.1. The molecule has 0 amide bonds. The van der Waals surface area contributed by atoms with E-state index in [0.29, 0.717) is 6.42 Å². The van der Waals surface area contributed by atoms with Gasteiger partial charge in [0.25, 0.3) is 0 Å². The summed E-state index contributed by atoms with van der Waals surface area (Å²) in [5, 5.41) is 18.0. The molecule has 0 bridgehead atoms. The molecule has 13 nitrogen and oxygen atoms in total. The molecular weight excluding hydrogens is 917 g/mol. The fourth-order valence-corrected chi connectivity index (χ4v) is 12.8. The average Bonchev–Trinajstić information content (AvgIpc) is 3.33. The summed E-state index contributed by atoms with van der Waals surface area (Å²) in [7, 11) is -8.19. The number of carboxylic acids is 1. The molecule has 4 unspecified atom stereocenters. The summed E-state index contributed by atoms with van der Waals surface area (Å²) in [6.07, 6.45) is 32.2. The van der Waals surface area contributed by atoms with Crippen LogP contribution in [-0.4, -0.2) is 76.9 Å². The molecule has 2 aliphatic rings. The van der Waals surface area contributed by atoms with E-state index in [-0.39, 0.29) is 70.6 Å². The Kier molecular flexibility index (Phi) is 26.1. The van der Waals surface area contributed by atoms with Gasteiger partial charge in [0, 0.05) is 48.2 Å². The van der Waals surface area contributed by atoms with Gasteiger partial charge < -0.3 is 14.9 Å². The van der Waals surface area contributed by atoms with Crippen LogP contribution in [0.25, 0.3) is 0 Å². The van der Waals surface area contributed by atoms with Crippen LogP contribution in [0.5, 0.6) is 0 Å². The molecule has 4 rings (SSSR count). The lowest BCUT2D eigenvalue weighted by Gasteiger charge is -2.44. The third-order valence-electron chi connectivity index (χ3n) is 14.5. The number of esters is 1. The molecule has 4 atom stereocenters. The highest BCUT2D eigenvalue weighted by molar-refractivity contribution is 7.89. The summed E-state index contributed by atoms with van der Waals surface area (Å²) in [4.78, 5) is 49.8. The number of ether oxygens (including phenoxy) is 1. The zero-order valence-corrected chi connectivity index (χ0v) is 43.4. The van der Waals surface area contributed by atoms with Crippen LogP contribution in [0.3, 0.4) is 0 Å². The fourth-order valence-electron chi connectivity index (χ4n) is 10.8. The molecule has 2 aromatic rings. The van der Waals surface area contributed by atoms with Crippen molar-refractivity contribution < 1.29 is 51.0 Å². The van der Waals surface area contributed by atoms with E-state index < -0.39 is 44.2 Å². The Bertz CT molecular complexity index is 2140. The number of hydrogen-bond donors (Lipinski definition) is 4. The number of benzene rings is 2. The third-order valence-corrected chi connectivity index (χ3v) is 17.4. The molecule has 0 saturated heterocycles. The molecule has 0 aliphatic heterocycles. The van der Waals surface area contributed by atoms with E-state index in [4.69, 9.17) is 14.9 Å². The Labute approximate surface area is 414 Å². The molecule has 388 valence electrons. The minimum Gasteiger partial charge on any atom is -0.481 e. The van der Waals surface area contributed by atoms with Gasteiger partial charge in [-0.3, -0.25) is 19.2 Å².